The van der Waals surface area contributed by atoms with Crippen LogP contribution in [-0.4, -0.2) is 17.4 Å². The highest BCUT2D eigenvalue weighted by Crippen LogP contribution is 2.48. The maximum Gasteiger partial charge on any atom is 0.307 e. The van der Waals surface area contributed by atoms with Crippen molar-refractivity contribution < 1.29 is 14.3 Å². The van der Waals surface area contributed by atoms with Crippen LogP contribution in [0.5, 0.6) is 0 Å². The summed E-state index contributed by atoms with van der Waals surface area (Å²) in [6, 6.07) is 0. The Morgan fingerprint density at radius 2 is 2.00 bits per heavy atom. The second kappa shape index (κ2) is 2.47. The zero-order valence-electron chi connectivity index (χ0n) is 8.66. The van der Waals surface area contributed by atoms with Crippen molar-refractivity contribution in [3.8, 4) is 0 Å². The van der Waals surface area contributed by atoms with Crippen molar-refractivity contribution in [3.63, 3.8) is 0 Å². The Bertz CT molecular complexity index is 340. The molecule has 3 heteroatoms. The highest BCUT2D eigenvalue weighted by atomic mass is 16.6. The van der Waals surface area contributed by atoms with Crippen molar-refractivity contribution >= 4 is 11.8 Å². The molecule has 0 aromatic rings. The smallest absolute Gasteiger partial charge is 0.307 e. The molecule has 14 heavy (non-hydrogen) atoms. The Labute approximate surface area is 83.1 Å². The van der Waals surface area contributed by atoms with Gasteiger partial charge in [-0.05, 0) is 18.4 Å². The predicted octanol–water partition coefficient (Wildman–Crippen LogP) is 1.47. The zero-order chi connectivity index (χ0) is 10.6. The first-order valence-electron chi connectivity index (χ1n) is 4.82. The molecule has 0 saturated carbocycles. The van der Waals surface area contributed by atoms with Gasteiger partial charge in [0.05, 0.1) is 6.42 Å². The molecule has 76 valence electrons. The highest BCUT2D eigenvalue weighted by molar-refractivity contribution is 6.01. The molecule has 0 unspecified atom stereocenters. The van der Waals surface area contributed by atoms with E-state index in [0.29, 0.717) is 6.42 Å². The minimum absolute atomic E-state index is 0.0278. The summed E-state index contributed by atoms with van der Waals surface area (Å²) in [5, 5.41) is 0. The lowest BCUT2D eigenvalue weighted by molar-refractivity contribution is -0.157. The zero-order valence-corrected chi connectivity index (χ0v) is 8.66. The summed E-state index contributed by atoms with van der Waals surface area (Å²) in [6.07, 6.45) is 3.76. The number of rotatable bonds is 0. The van der Waals surface area contributed by atoms with E-state index < -0.39 is 5.60 Å². The number of ketones is 1. The number of esters is 1. The molecule has 0 radical (unpaired) electrons. The van der Waals surface area contributed by atoms with Gasteiger partial charge in [-0.1, -0.05) is 19.9 Å². The molecule has 1 heterocycles. The minimum Gasteiger partial charge on any atom is -0.451 e. The molecular formula is C11H14O3. The molecule has 1 saturated heterocycles. The third kappa shape index (κ3) is 1.04. The lowest BCUT2D eigenvalue weighted by Crippen LogP contribution is -2.48. The largest absolute Gasteiger partial charge is 0.451 e. The molecule has 3 nitrogen and oxygen atoms in total. The molecule has 1 aliphatic carbocycles. The van der Waals surface area contributed by atoms with Crippen LogP contribution >= 0.6 is 0 Å². The van der Waals surface area contributed by atoms with E-state index in [9.17, 15) is 9.59 Å². The first-order chi connectivity index (χ1) is 6.36. The topological polar surface area (TPSA) is 43.4 Å². The van der Waals surface area contributed by atoms with Crippen LogP contribution in [0, 0.1) is 11.3 Å². The summed E-state index contributed by atoms with van der Waals surface area (Å²) >= 11 is 0. The fourth-order valence-electron chi connectivity index (χ4n) is 2.48. The van der Waals surface area contributed by atoms with Crippen LogP contribution in [0.4, 0.5) is 0 Å². The number of carbonyl (C=O) groups excluding carboxylic acids is 2. The van der Waals surface area contributed by atoms with E-state index >= 15 is 0 Å². The van der Waals surface area contributed by atoms with E-state index in [0.717, 1.165) is 0 Å². The van der Waals surface area contributed by atoms with Gasteiger partial charge in [0.1, 0.15) is 0 Å². The van der Waals surface area contributed by atoms with Gasteiger partial charge in [0.15, 0.2) is 11.4 Å². The van der Waals surface area contributed by atoms with E-state index in [-0.39, 0.29) is 23.1 Å². The number of ether oxygens (including phenoxy) is 1. The van der Waals surface area contributed by atoms with Gasteiger partial charge in [0, 0.05) is 5.92 Å². The summed E-state index contributed by atoms with van der Waals surface area (Å²) in [7, 11) is 0. The number of carbonyl (C=O) groups is 2. The van der Waals surface area contributed by atoms with Gasteiger partial charge < -0.3 is 4.74 Å². The van der Waals surface area contributed by atoms with Gasteiger partial charge in [-0.3, -0.25) is 9.59 Å². The average molecular weight is 194 g/mol. The van der Waals surface area contributed by atoms with Gasteiger partial charge in [-0.25, -0.2) is 0 Å². The van der Waals surface area contributed by atoms with Crippen LogP contribution in [0.25, 0.3) is 0 Å². The first kappa shape index (κ1) is 9.44. The summed E-state index contributed by atoms with van der Waals surface area (Å²) < 4.78 is 5.16. The van der Waals surface area contributed by atoms with Crippen LogP contribution in [0.2, 0.25) is 0 Å². The molecule has 0 spiro atoms. The lowest BCUT2D eigenvalue weighted by Gasteiger charge is -2.39. The molecule has 0 bridgehead atoms. The van der Waals surface area contributed by atoms with E-state index in [4.69, 9.17) is 4.74 Å². The summed E-state index contributed by atoms with van der Waals surface area (Å²) in [5.74, 6) is -0.379. The molecule has 1 fully saturated rings. The number of hydrogen-bond donors (Lipinski definition) is 0. The van der Waals surface area contributed by atoms with Gasteiger partial charge >= 0.3 is 5.97 Å². The van der Waals surface area contributed by atoms with Crippen molar-refractivity contribution in [2.75, 3.05) is 0 Å². The van der Waals surface area contributed by atoms with E-state index in [1.165, 1.54) is 6.08 Å². The normalized spacial score (nSPS) is 39.5. The quantitative estimate of drug-likeness (QED) is 0.548. The third-order valence-electron chi connectivity index (χ3n) is 3.41. The van der Waals surface area contributed by atoms with Crippen LogP contribution < -0.4 is 0 Å². The summed E-state index contributed by atoms with van der Waals surface area (Å²) in [6.45, 7) is 5.78. The lowest BCUT2D eigenvalue weighted by atomic mass is 9.65. The Balaban J connectivity index is 2.49. The van der Waals surface area contributed by atoms with Crippen molar-refractivity contribution in [2.24, 2.45) is 11.3 Å². The number of fused-ring (bicyclic) bond motifs is 1. The van der Waals surface area contributed by atoms with Gasteiger partial charge in [0.25, 0.3) is 0 Å². The van der Waals surface area contributed by atoms with E-state index in [1.54, 1.807) is 6.92 Å². The van der Waals surface area contributed by atoms with Crippen LogP contribution in [-0.2, 0) is 14.3 Å². The maximum atomic E-state index is 11.7. The van der Waals surface area contributed by atoms with Gasteiger partial charge in [-0.2, -0.15) is 0 Å². The molecule has 0 N–H and O–H groups in total. The Morgan fingerprint density at radius 1 is 1.36 bits per heavy atom. The van der Waals surface area contributed by atoms with Crippen molar-refractivity contribution in [1.29, 1.82) is 0 Å². The number of hydrogen-bond acceptors (Lipinski definition) is 3. The molecule has 2 atom stereocenters. The molecule has 1 aliphatic heterocycles. The fourth-order valence-corrected chi connectivity index (χ4v) is 2.48. The molecule has 0 aromatic carbocycles. The summed E-state index contributed by atoms with van der Waals surface area (Å²) in [4.78, 5) is 22.9. The SMILES string of the molecule is CC1(C)C=CC(=O)[C@@]2(C)OC(=O)C[C@@H]12. The van der Waals surface area contributed by atoms with E-state index in [2.05, 4.69) is 0 Å². The minimum atomic E-state index is -0.921. The van der Waals surface area contributed by atoms with Crippen LogP contribution in [0.3, 0.4) is 0 Å². The maximum absolute atomic E-state index is 11.7. The van der Waals surface area contributed by atoms with Crippen molar-refractivity contribution in [1.82, 2.24) is 0 Å². The fraction of sp³-hybridized carbons (Fsp3) is 0.636. The molecular weight excluding hydrogens is 180 g/mol. The third-order valence-corrected chi connectivity index (χ3v) is 3.41. The Morgan fingerprint density at radius 3 is 2.57 bits per heavy atom. The van der Waals surface area contributed by atoms with Crippen molar-refractivity contribution in [2.45, 2.75) is 32.8 Å². The Hall–Kier alpha value is -1.12. The van der Waals surface area contributed by atoms with E-state index in [1.807, 2.05) is 19.9 Å². The highest BCUT2D eigenvalue weighted by Gasteiger charge is 2.57. The standard InChI is InChI=1S/C11H14O3/c1-10(2)5-4-8(12)11(3)7(10)6-9(13)14-11/h4-5,7H,6H2,1-3H3/t7-,11-/m0/s1. The van der Waals surface area contributed by atoms with Crippen molar-refractivity contribution in [3.05, 3.63) is 12.2 Å². The second-order valence-corrected chi connectivity index (χ2v) is 4.86. The van der Waals surface area contributed by atoms with Gasteiger partial charge in [-0.15, -0.1) is 0 Å². The van der Waals surface area contributed by atoms with Gasteiger partial charge in [0.2, 0.25) is 0 Å². The summed E-state index contributed by atoms with van der Waals surface area (Å²) in [5.41, 5.74) is -1.07. The van der Waals surface area contributed by atoms with Crippen LogP contribution in [0.15, 0.2) is 12.2 Å². The predicted molar refractivity (Wildman–Crippen MR) is 50.5 cm³/mol. The number of allylic oxidation sites excluding steroid dienone is 1. The molecule has 2 aliphatic rings. The molecule has 0 amide bonds. The Kier molecular flexibility index (Phi) is 1.66. The van der Waals surface area contributed by atoms with Crippen LogP contribution in [0.1, 0.15) is 27.2 Å². The molecule has 0 aromatic heterocycles. The second-order valence-electron chi connectivity index (χ2n) is 4.86. The monoisotopic (exact) mass is 194 g/mol. The molecule has 2 rings (SSSR count). The average Bonchev–Trinajstić information content (AvgIpc) is 2.38. The first-order valence-corrected chi connectivity index (χ1v) is 4.82.